The molecule has 1 atom stereocenters. The van der Waals surface area contributed by atoms with E-state index in [9.17, 15) is 4.79 Å². The van der Waals surface area contributed by atoms with Crippen LogP contribution >= 0.6 is 22.9 Å². The largest absolute Gasteiger partial charge is 0.349 e. The van der Waals surface area contributed by atoms with Crippen molar-refractivity contribution in [1.29, 1.82) is 0 Å². The molecule has 2 aromatic rings. The summed E-state index contributed by atoms with van der Waals surface area (Å²) >= 11 is 7.57. The van der Waals surface area contributed by atoms with Gasteiger partial charge in [-0.3, -0.25) is 4.79 Å². The lowest BCUT2D eigenvalue weighted by Gasteiger charge is -2.09. The van der Waals surface area contributed by atoms with Gasteiger partial charge < -0.3 is 5.32 Å². The summed E-state index contributed by atoms with van der Waals surface area (Å²) in [4.78, 5) is 15.9. The summed E-state index contributed by atoms with van der Waals surface area (Å²) in [6.07, 6.45) is 0. The molecule has 1 heterocycles. The molecular weight excluding hydrogens is 256 g/mol. The molecule has 1 aromatic heterocycles. The third-order valence-corrected chi connectivity index (χ3v) is 3.34. The van der Waals surface area contributed by atoms with Crippen LogP contribution in [0.25, 0.3) is 0 Å². The number of carbonyl (C=O) groups excluding carboxylic acids is 1. The van der Waals surface area contributed by atoms with Crippen LogP contribution in [0.2, 0.25) is 0 Å². The van der Waals surface area contributed by atoms with Gasteiger partial charge >= 0.3 is 0 Å². The van der Waals surface area contributed by atoms with Crippen molar-refractivity contribution in [2.24, 2.45) is 0 Å². The van der Waals surface area contributed by atoms with Gasteiger partial charge in [0.1, 0.15) is 5.38 Å². The lowest BCUT2D eigenvalue weighted by molar-refractivity contribution is -0.121. The van der Waals surface area contributed by atoms with E-state index in [1.165, 1.54) is 11.3 Å². The summed E-state index contributed by atoms with van der Waals surface area (Å²) in [7, 11) is 0. The third-order valence-electron chi connectivity index (χ3n) is 2.25. The topological polar surface area (TPSA) is 42.0 Å². The van der Waals surface area contributed by atoms with E-state index in [1.807, 2.05) is 35.7 Å². The molecule has 3 nitrogen and oxygen atoms in total. The molecule has 0 spiro atoms. The maximum Gasteiger partial charge on any atom is 0.242 e. The number of alkyl halides is 1. The highest BCUT2D eigenvalue weighted by atomic mass is 35.5. The summed E-state index contributed by atoms with van der Waals surface area (Å²) in [5.41, 5.74) is 3.38. The average molecular weight is 267 g/mol. The molecule has 1 aromatic carbocycles. The molecule has 0 bridgehead atoms. The molecule has 1 unspecified atom stereocenters. The second-order valence-corrected chi connectivity index (χ2v) is 4.63. The van der Waals surface area contributed by atoms with E-state index < -0.39 is 5.38 Å². The van der Waals surface area contributed by atoms with E-state index in [0.29, 0.717) is 6.54 Å². The Bertz CT molecular complexity index is 473. The number of aromatic nitrogens is 1. The van der Waals surface area contributed by atoms with Gasteiger partial charge in [0.25, 0.3) is 0 Å². The van der Waals surface area contributed by atoms with E-state index in [0.717, 1.165) is 11.3 Å². The summed E-state index contributed by atoms with van der Waals surface area (Å²) in [6, 6.07) is 9.28. The maximum atomic E-state index is 11.8. The molecule has 5 heteroatoms. The smallest absolute Gasteiger partial charge is 0.242 e. The Kier molecular flexibility index (Phi) is 4.12. The highest BCUT2D eigenvalue weighted by Gasteiger charge is 2.16. The highest BCUT2D eigenvalue weighted by Crippen LogP contribution is 2.19. The van der Waals surface area contributed by atoms with Crippen molar-refractivity contribution in [2.45, 2.75) is 11.9 Å². The number of hydrogen-bond acceptors (Lipinski definition) is 3. The zero-order chi connectivity index (χ0) is 12.1. The Balaban J connectivity index is 1.92. The van der Waals surface area contributed by atoms with E-state index in [-0.39, 0.29) is 5.91 Å². The standard InChI is InChI=1S/C12H11ClN2OS/c13-11(9-4-2-1-3-5-9)12(16)14-6-10-7-17-8-15-10/h1-5,7-8,11H,6H2,(H,14,16). The summed E-state index contributed by atoms with van der Waals surface area (Å²) in [6.45, 7) is 0.415. The molecule has 0 saturated carbocycles. The lowest BCUT2D eigenvalue weighted by Crippen LogP contribution is -2.26. The minimum absolute atomic E-state index is 0.203. The lowest BCUT2D eigenvalue weighted by atomic mass is 10.1. The first-order valence-corrected chi connectivity index (χ1v) is 6.49. The summed E-state index contributed by atoms with van der Waals surface area (Å²) in [5, 5.41) is 3.99. The van der Waals surface area contributed by atoms with Crippen molar-refractivity contribution in [2.75, 3.05) is 0 Å². The molecule has 0 saturated heterocycles. The Hall–Kier alpha value is -1.39. The first-order chi connectivity index (χ1) is 8.27. The second-order valence-electron chi connectivity index (χ2n) is 3.47. The van der Waals surface area contributed by atoms with Gasteiger partial charge in [-0.2, -0.15) is 0 Å². The molecule has 0 fully saturated rings. The first-order valence-electron chi connectivity index (χ1n) is 5.11. The first kappa shape index (κ1) is 12.1. The number of benzene rings is 1. The van der Waals surface area contributed by atoms with E-state index in [4.69, 9.17) is 11.6 Å². The van der Waals surface area contributed by atoms with Crippen molar-refractivity contribution in [3.63, 3.8) is 0 Å². The molecule has 2 rings (SSSR count). The quantitative estimate of drug-likeness (QED) is 0.865. The van der Waals surface area contributed by atoms with Gasteiger partial charge in [-0.25, -0.2) is 4.98 Å². The number of rotatable bonds is 4. The predicted octanol–water partition coefficient (Wildman–Crippen LogP) is 2.74. The molecule has 1 N–H and O–H groups in total. The van der Waals surface area contributed by atoms with Gasteiger partial charge in [0.15, 0.2) is 0 Å². The summed E-state index contributed by atoms with van der Waals surface area (Å²) < 4.78 is 0. The Morgan fingerprint density at radius 3 is 2.82 bits per heavy atom. The molecular formula is C12H11ClN2OS. The van der Waals surface area contributed by atoms with Crippen LogP contribution in [0.4, 0.5) is 0 Å². The van der Waals surface area contributed by atoms with Crippen LogP contribution in [-0.4, -0.2) is 10.9 Å². The third kappa shape index (κ3) is 3.28. The Morgan fingerprint density at radius 1 is 1.41 bits per heavy atom. The number of amides is 1. The van der Waals surface area contributed by atoms with Crippen LogP contribution in [0.15, 0.2) is 41.2 Å². The molecule has 88 valence electrons. The Labute approximate surface area is 108 Å². The zero-order valence-electron chi connectivity index (χ0n) is 8.97. The number of thiazole rings is 1. The minimum atomic E-state index is -0.658. The molecule has 1 amide bonds. The van der Waals surface area contributed by atoms with Crippen LogP contribution < -0.4 is 5.32 Å². The van der Waals surface area contributed by atoms with Crippen molar-refractivity contribution in [1.82, 2.24) is 10.3 Å². The van der Waals surface area contributed by atoms with E-state index >= 15 is 0 Å². The number of nitrogens with one attached hydrogen (secondary N) is 1. The molecule has 0 aliphatic rings. The monoisotopic (exact) mass is 266 g/mol. The number of nitrogens with zero attached hydrogens (tertiary/aromatic N) is 1. The highest BCUT2D eigenvalue weighted by molar-refractivity contribution is 7.07. The number of hydrogen-bond donors (Lipinski definition) is 1. The summed E-state index contributed by atoms with van der Waals surface area (Å²) in [5.74, 6) is -0.203. The maximum absolute atomic E-state index is 11.8. The minimum Gasteiger partial charge on any atom is -0.349 e. The fraction of sp³-hybridized carbons (Fsp3) is 0.167. The van der Waals surface area contributed by atoms with E-state index in [1.54, 1.807) is 5.51 Å². The van der Waals surface area contributed by atoms with Crippen LogP contribution in [0, 0.1) is 0 Å². The van der Waals surface area contributed by atoms with Crippen LogP contribution in [-0.2, 0) is 11.3 Å². The van der Waals surface area contributed by atoms with Gasteiger partial charge in [0.2, 0.25) is 5.91 Å². The number of carbonyl (C=O) groups is 1. The Morgan fingerprint density at radius 2 is 2.18 bits per heavy atom. The van der Waals surface area contributed by atoms with E-state index in [2.05, 4.69) is 10.3 Å². The van der Waals surface area contributed by atoms with Gasteiger partial charge in [0.05, 0.1) is 17.7 Å². The molecule has 0 radical (unpaired) electrons. The van der Waals surface area contributed by atoms with Crippen LogP contribution in [0.1, 0.15) is 16.6 Å². The van der Waals surface area contributed by atoms with Gasteiger partial charge in [-0.15, -0.1) is 22.9 Å². The zero-order valence-corrected chi connectivity index (χ0v) is 10.5. The fourth-order valence-electron chi connectivity index (χ4n) is 1.37. The molecule has 0 aliphatic carbocycles. The van der Waals surface area contributed by atoms with Gasteiger partial charge in [-0.05, 0) is 5.56 Å². The second kappa shape index (κ2) is 5.80. The SMILES string of the molecule is O=C(NCc1cscn1)C(Cl)c1ccccc1. The van der Waals surface area contributed by atoms with Gasteiger partial charge in [0, 0.05) is 5.38 Å². The van der Waals surface area contributed by atoms with Crippen molar-refractivity contribution in [3.8, 4) is 0 Å². The average Bonchev–Trinajstić information content (AvgIpc) is 2.89. The van der Waals surface area contributed by atoms with Crippen LogP contribution in [0.5, 0.6) is 0 Å². The fourth-order valence-corrected chi connectivity index (χ4v) is 2.15. The number of halogens is 1. The molecule has 0 aliphatic heterocycles. The van der Waals surface area contributed by atoms with Crippen molar-refractivity contribution >= 4 is 28.8 Å². The van der Waals surface area contributed by atoms with Gasteiger partial charge in [-0.1, -0.05) is 30.3 Å². The normalized spacial score (nSPS) is 12.1. The molecule has 17 heavy (non-hydrogen) atoms. The van der Waals surface area contributed by atoms with Crippen molar-refractivity contribution < 1.29 is 4.79 Å². The van der Waals surface area contributed by atoms with Crippen LogP contribution in [0.3, 0.4) is 0 Å². The van der Waals surface area contributed by atoms with Crippen molar-refractivity contribution in [3.05, 3.63) is 52.5 Å². The predicted molar refractivity (Wildman–Crippen MR) is 69.0 cm³/mol.